The second-order valence-electron chi connectivity index (χ2n) is 7.04. The summed E-state index contributed by atoms with van der Waals surface area (Å²) in [7, 11) is 2.09. The first kappa shape index (κ1) is 18.6. The van der Waals surface area contributed by atoms with Crippen LogP contribution >= 0.6 is 0 Å². The molecular formula is C18H29N7O. The van der Waals surface area contributed by atoms with E-state index >= 15 is 0 Å². The van der Waals surface area contributed by atoms with Gasteiger partial charge in [-0.1, -0.05) is 6.92 Å². The molecule has 0 bridgehead atoms. The first-order valence-electron chi connectivity index (χ1n) is 9.45. The van der Waals surface area contributed by atoms with Crippen LogP contribution in [0, 0.1) is 5.92 Å². The molecule has 0 aromatic carbocycles. The van der Waals surface area contributed by atoms with Crippen LogP contribution in [-0.4, -0.2) is 66.4 Å². The third-order valence-corrected chi connectivity index (χ3v) is 5.31. The van der Waals surface area contributed by atoms with Gasteiger partial charge in [-0.05, 0) is 32.9 Å². The van der Waals surface area contributed by atoms with E-state index in [2.05, 4.69) is 44.0 Å². The molecular weight excluding hydrogens is 330 g/mol. The van der Waals surface area contributed by atoms with E-state index in [1.807, 2.05) is 0 Å². The molecule has 0 saturated carbocycles. The third kappa shape index (κ3) is 4.30. The topological polar surface area (TPSA) is 99.7 Å². The number of aliphatic imine (C=N–C) groups is 1. The van der Waals surface area contributed by atoms with E-state index < -0.39 is 0 Å². The standard InChI is InChI=1S/C18H29N7O/c1-3-24(2)11-8-20-16(19)13-6-9-25(10-7-13)18-14-4-5-15(26)23-17(14)21-12-22-18/h12-13H,3-11H2,1-2H3,(H2,19,20)(H,21,22,23,26). The number of nitrogens with two attached hydrogens (primary N) is 1. The van der Waals surface area contributed by atoms with Crippen molar-refractivity contribution in [3.8, 4) is 0 Å². The van der Waals surface area contributed by atoms with Crippen molar-refractivity contribution in [1.82, 2.24) is 14.9 Å². The molecule has 0 spiro atoms. The number of nitrogens with one attached hydrogen (secondary N) is 1. The third-order valence-electron chi connectivity index (χ3n) is 5.31. The lowest BCUT2D eigenvalue weighted by molar-refractivity contribution is -0.116. The first-order chi connectivity index (χ1) is 12.6. The average molecular weight is 359 g/mol. The monoisotopic (exact) mass is 359 g/mol. The van der Waals surface area contributed by atoms with Crippen LogP contribution in [0.15, 0.2) is 11.3 Å². The summed E-state index contributed by atoms with van der Waals surface area (Å²) >= 11 is 0. The zero-order valence-corrected chi connectivity index (χ0v) is 15.7. The fraction of sp³-hybridized carbons (Fsp3) is 0.667. The molecule has 0 atom stereocenters. The number of rotatable bonds is 6. The number of hydrogen-bond acceptors (Lipinski definition) is 6. The molecule has 3 N–H and O–H groups in total. The average Bonchev–Trinajstić information content (AvgIpc) is 2.67. The number of likely N-dealkylation sites (N-methyl/N-ethyl adjacent to an activating group) is 1. The Hall–Kier alpha value is -2.22. The summed E-state index contributed by atoms with van der Waals surface area (Å²) in [4.78, 5) is 29.3. The van der Waals surface area contributed by atoms with Crippen molar-refractivity contribution in [1.29, 1.82) is 0 Å². The van der Waals surface area contributed by atoms with Gasteiger partial charge in [-0.3, -0.25) is 9.79 Å². The number of hydrogen-bond donors (Lipinski definition) is 2. The van der Waals surface area contributed by atoms with E-state index in [0.717, 1.165) is 62.8 Å². The second kappa shape index (κ2) is 8.44. The van der Waals surface area contributed by atoms with Crippen LogP contribution in [0.4, 0.5) is 11.6 Å². The summed E-state index contributed by atoms with van der Waals surface area (Å²) in [6.45, 7) is 6.65. The van der Waals surface area contributed by atoms with Crippen molar-refractivity contribution in [2.75, 3.05) is 50.0 Å². The van der Waals surface area contributed by atoms with Crippen LogP contribution in [0.3, 0.4) is 0 Å². The molecule has 1 saturated heterocycles. The van der Waals surface area contributed by atoms with E-state index in [9.17, 15) is 4.79 Å². The van der Waals surface area contributed by atoms with Gasteiger partial charge in [0.2, 0.25) is 5.91 Å². The molecule has 2 aliphatic heterocycles. The minimum absolute atomic E-state index is 0.0264. The molecule has 0 aliphatic carbocycles. The summed E-state index contributed by atoms with van der Waals surface area (Å²) < 4.78 is 0. The van der Waals surface area contributed by atoms with Gasteiger partial charge in [-0.25, -0.2) is 9.97 Å². The highest BCUT2D eigenvalue weighted by atomic mass is 16.1. The van der Waals surface area contributed by atoms with Crippen molar-refractivity contribution in [3.63, 3.8) is 0 Å². The van der Waals surface area contributed by atoms with Crippen LogP contribution < -0.4 is 16.0 Å². The van der Waals surface area contributed by atoms with Gasteiger partial charge in [-0.15, -0.1) is 0 Å². The quantitative estimate of drug-likeness (QED) is 0.578. The fourth-order valence-corrected chi connectivity index (χ4v) is 3.47. The summed E-state index contributed by atoms with van der Waals surface area (Å²) in [6.07, 6.45) is 4.68. The molecule has 1 fully saturated rings. The highest BCUT2D eigenvalue weighted by Gasteiger charge is 2.27. The second-order valence-corrected chi connectivity index (χ2v) is 7.04. The summed E-state index contributed by atoms with van der Waals surface area (Å²) in [5, 5.41) is 2.84. The van der Waals surface area contributed by atoms with E-state index in [1.54, 1.807) is 0 Å². The lowest BCUT2D eigenvalue weighted by atomic mass is 9.95. The summed E-state index contributed by atoms with van der Waals surface area (Å²) in [5.41, 5.74) is 7.28. The molecule has 1 amide bonds. The lowest BCUT2D eigenvalue weighted by Crippen LogP contribution is -2.40. The summed E-state index contributed by atoms with van der Waals surface area (Å²) in [5.74, 6) is 2.77. The van der Waals surface area contributed by atoms with E-state index in [4.69, 9.17) is 5.73 Å². The fourth-order valence-electron chi connectivity index (χ4n) is 3.47. The van der Waals surface area contributed by atoms with Gasteiger partial charge in [-0.2, -0.15) is 0 Å². The Balaban J connectivity index is 1.58. The maximum Gasteiger partial charge on any atom is 0.225 e. The minimum Gasteiger partial charge on any atom is -0.387 e. The van der Waals surface area contributed by atoms with Crippen molar-refractivity contribution < 1.29 is 4.79 Å². The van der Waals surface area contributed by atoms with Crippen molar-refractivity contribution in [2.24, 2.45) is 16.6 Å². The van der Waals surface area contributed by atoms with Gasteiger partial charge in [0.05, 0.1) is 12.4 Å². The molecule has 8 heteroatoms. The van der Waals surface area contributed by atoms with Crippen LogP contribution in [0.25, 0.3) is 0 Å². The number of amides is 1. The molecule has 1 aromatic heterocycles. The Labute approximate surface area is 154 Å². The Morgan fingerprint density at radius 3 is 2.88 bits per heavy atom. The van der Waals surface area contributed by atoms with Crippen LogP contribution in [0.2, 0.25) is 0 Å². The molecule has 1 aromatic rings. The predicted molar refractivity (Wildman–Crippen MR) is 104 cm³/mol. The molecule has 0 radical (unpaired) electrons. The number of fused-ring (bicyclic) bond motifs is 1. The number of anilines is 2. The summed E-state index contributed by atoms with van der Waals surface area (Å²) in [6, 6.07) is 0. The number of nitrogens with zero attached hydrogens (tertiary/aromatic N) is 5. The number of carbonyl (C=O) groups excluding carboxylic acids is 1. The SMILES string of the molecule is CCN(C)CCN=C(N)C1CCN(c2ncnc3c2CCC(=O)N3)CC1. The normalized spacial score (nSPS) is 18.8. The van der Waals surface area contributed by atoms with E-state index in [0.29, 0.717) is 24.6 Å². The Bertz CT molecular complexity index is 668. The Morgan fingerprint density at radius 2 is 2.15 bits per heavy atom. The van der Waals surface area contributed by atoms with Crippen LogP contribution in [-0.2, 0) is 11.2 Å². The number of carbonyl (C=O) groups is 1. The number of piperidine rings is 1. The van der Waals surface area contributed by atoms with Gasteiger partial charge in [0.1, 0.15) is 18.0 Å². The van der Waals surface area contributed by atoms with Gasteiger partial charge >= 0.3 is 0 Å². The van der Waals surface area contributed by atoms with Gasteiger partial charge in [0, 0.05) is 37.5 Å². The van der Waals surface area contributed by atoms with E-state index in [1.165, 1.54) is 6.33 Å². The molecule has 26 heavy (non-hydrogen) atoms. The van der Waals surface area contributed by atoms with Crippen molar-refractivity contribution in [3.05, 3.63) is 11.9 Å². The molecule has 3 rings (SSSR count). The lowest BCUT2D eigenvalue weighted by Gasteiger charge is -2.34. The maximum absolute atomic E-state index is 11.6. The smallest absolute Gasteiger partial charge is 0.225 e. The zero-order chi connectivity index (χ0) is 18.5. The van der Waals surface area contributed by atoms with Gasteiger partial charge in [0.25, 0.3) is 0 Å². The largest absolute Gasteiger partial charge is 0.387 e. The molecule has 142 valence electrons. The van der Waals surface area contributed by atoms with E-state index in [-0.39, 0.29) is 5.91 Å². The molecule has 0 unspecified atom stereocenters. The van der Waals surface area contributed by atoms with Gasteiger partial charge < -0.3 is 20.9 Å². The predicted octanol–water partition coefficient (Wildman–Crippen LogP) is 0.887. The van der Waals surface area contributed by atoms with Crippen molar-refractivity contribution >= 4 is 23.4 Å². The number of aromatic nitrogens is 2. The molecule has 3 heterocycles. The van der Waals surface area contributed by atoms with Crippen LogP contribution in [0.1, 0.15) is 31.7 Å². The first-order valence-corrected chi connectivity index (χ1v) is 9.45. The molecule has 2 aliphatic rings. The Morgan fingerprint density at radius 1 is 1.38 bits per heavy atom. The number of amidine groups is 1. The maximum atomic E-state index is 11.6. The Kier molecular flexibility index (Phi) is 6.03. The zero-order valence-electron chi connectivity index (χ0n) is 15.7. The minimum atomic E-state index is 0.0264. The highest BCUT2D eigenvalue weighted by molar-refractivity contribution is 5.93. The van der Waals surface area contributed by atoms with Crippen molar-refractivity contribution in [2.45, 2.75) is 32.6 Å². The van der Waals surface area contributed by atoms with Crippen LogP contribution in [0.5, 0.6) is 0 Å². The molecule has 8 nitrogen and oxygen atoms in total. The van der Waals surface area contributed by atoms with Gasteiger partial charge in [0.15, 0.2) is 0 Å². The highest BCUT2D eigenvalue weighted by Crippen LogP contribution is 2.30.